The summed E-state index contributed by atoms with van der Waals surface area (Å²) in [5.74, 6) is 0. The van der Waals surface area contributed by atoms with E-state index in [-0.39, 0.29) is 8.15 Å². The molecule has 68 valence electrons. The molecule has 0 aromatic carbocycles. The predicted octanol–water partition coefficient (Wildman–Crippen LogP) is 3.21. The maximum Gasteiger partial charge on any atom is 0.176 e. The molecule has 2 unspecified atom stereocenters. The Morgan fingerprint density at radius 1 is 0.818 bits per heavy atom. The van der Waals surface area contributed by atoms with Gasteiger partial charge in [0.2, 0.25) is 0 Å². The van der Waals surface area contributed by atoms with Crippen LogP contribution in [0.2, 0.25) is 0 Å². The van der Waals surface area contributed by atoms with E-state index in [9.17, 15) is 0 Å². The molecule has 0 aliphatic carbocycles. The summed E-state index contributed by atoms with van der Waals surface area (Å²) < 4.78 is 15.9. The van der Waals surface area contributed by atoms with Crippen LogP contribution >= 0.6 is 24.9 Å². The van der Waals surface area contributed by atoms with E-state index >= 15 is 0 Å². The van der Waals surface area contributed by atoms with Gasteiger partial charge in [-0.1, -0.05) is 0 Å². The van der Waals surface area contributed by atoms with Gasteiger partial charge in [-0.05, 0) is 13.3 Å². The van der Waals surface area contributed by atoms with Gasteiger partial charge in [-0.25, -0.2) is 0 Å². The second-order valence-corrected chi connectivity index (χ2v) is 7.09. The molecule has 0 heterocycles. The van der Waals surface area contributed by atoms with Crippen molar-refractivity contribution in [3.63, 3.8) is 0 Å². The van der Waals surface area contributed by atoms with E-state index in [1.165, 1.54) is 0 Å². The first-order valence-electron chi connectivity index (χ1n) is 3.11. The van der Waals surface area contributed by atoms with Crippen LogP contribution in [0.25, 0.3) is 0 Å². The van der Waals surface area contributed by atoms with Gasteiger partial charge in [0.05, 0.1) is 0 Å². The van der Waals surface area contributed by atoms with Gasteiger partial charge >= 0.3 is 0 Å². The second kappa shape index (κ2) is 6.66. The van der Waals surface area contributed by atoms with Crippen LogP contribution in [0.5, 0.6) is 0 Å². The van der Waals surface area contributed by atoms with Crippen LogP contribution in [0.3, 0.4) is 0 Å². The Labute approximate surface area is 72.5 Å². The molecule has 0 aromatic rings. The normalized spacial score (nSPS) is 16.9. The van der Waals surface area contributed by atoms with Crippen LogP contribution in [0.4, 0.5) is 0 Å². The Morgan fingerprint density at radius 3 is 1.73 bits per heavy atom. The van der Waals surface area contributed by atoms with Crippen molar-refractivity contribution >= 4 is 24.9 Å². The highest BCUT2D eigenvalue weighted by molar-refractivity contribution is 7.66. The van der Waals surface area contributed by atoms with Gasteiger partial charge in [0.15, 0.2) is 16.8 Å². The summed E-state index contributed by atoms with van der Waals surface area (Å²) in [5, 5.41) is 0. The second-order valence-electron chi connectivity index (χ2n) is 2.04. The Bertz CT molecular complexity index is 101. The Kier molecular flexibility index (Phi) is 7.37. The van der Waals surface area contributed by atoms with Crippen LogP contribution in [-0.4, -0.2) is 33.8 Å². The first kappa shape index (κ1) is 12.2. The summed E-state index contributed by atoms with van der Waals surface area (Å²) in [6.07, 6.45) is 0. The number of rotatable bonds is 5. The van der Waals surface area contributed by atoms with Gasteiger partial charge in [-0.3, -0.25) is 4.31 Å². The third-order valence-corrected chi connectivity index (χ3v) is 5.35. The molecule has 0 bridgehead atoms. The van der Waals surface area contributed by atoms with Crippen LogP contribution in [0.1, 0.15) is 0 Å². The monoisotopic (exact) mass is 216 g/mol. The average Bonchev–Trinajstić information content (AvgIpc) is 1.85. The fourth-order valence-corrected chi connectivity index (χ4v) is 4.23. The lowest BCUT2D eigenvalue weighted by molar-refractivity contribution is 0.401. The molecule has 0 saturated carbocycles. The molecule has 0 aliphatic heterocycles. The highest BCUT2D eigenvalue weighted by atomic mass is 31.2. The van der Waals surface area contributed by atoms with Gasteiger partial charge < -0.3 is 8.83 Å². The Balaban J connectivity index is 3.43. The third-order valence-electron chi connectivity index (χ3n) is 0.765. The van der Waals surface area contributed by atoms with Crippen LogP contribution in [-0.2, 0) is 13.1 Å². The molecular weight excluding hydrogens is 201 g/mol. The highest BCUT2D eigenvalue weighted by Crippen LogP contribution is 2.55. The van der Waals surface area contributed by atoms with E-state index in [1.807, 2.05) is 13.3 Å². The Hall–Kier alpha value is 1.17. The largest absolute Gasteiger partial charge is 0.337 e. The van der Waals surface area contributed by atoms with Crippen molar-refractivity contribution in [1.29, 1.82) is 0 Å². The van der Waals surface area contributed by atoms with Crippen molar-refractivity contribution in [3.05, 3.63) is 0 Å². The first-order valence-corrected chi connectivity index (χ1v) is 8.51. The van der Waals surface area contributed by atoms with E-state index in [4.69, 9.17) is 13.1 Å². The maximum absolute atomic E-state index is 5.47. The van der Waals surface area contributed by atoms with Crippen LogP contribution in [0.15, 0.2) is 0 Å². The zero-order valence-electron chi connectivity index (χ0n) is 7.57. The van der Waals surface area contributed by atoms with Crippen molar-refractivity contribution in [1.82, 2.24) is 0 Å². The molecule has 6 heteroatoms. The summed E-state index contributed by atoms with van der Waals surface area (Å²) in [4.78, 5) is 0. The smallest absolute Gasteiger partial charge is 0.176 e. The van der Waals surface area contributed by atoms with Crippen molar-refractivity contribution in [3.8, 4) is 0 Å². The standard InChI is InChI=1S/C5H15O3P3/c1-6-10(4)8-11(5)7-9(2)3/h1-5H3. The molecule has 2 atom stereocenters. The molecule has 0 radical (unpaired) electrons. The van der Waals surface area contributed by atoms with Gasteiger partial charge in [-0.15, -0.1) is 0 Å². The topological polar surface area (TPSA) is 27.7 Å². The SMILES string of the molecule is COP(C)OP(C)OP(C)C. The maximum atomic E-state index is 5.47. The minimum atomic E-state index is -0.734. The highest BCUT2D eigenvalue weighted by Gasteiger charge is 2.10. The zero-order chi connectivity index (χ0) is 8.85. The molecule has 0 aliphatic rings. The van der Waals surface area contributed by atoms with E-state index < -0.39 is 16.8 Å². The van der Waals surface area contributed by atoms with Crippen LogP contribution in [0, 0.1) is 0 Å². The molecule has 0 amide bonds. The van der Waals surface area contributed by atoms with Crippen LogP contribution < -0.4 is 0 Å². The zero-order valence-corrected chi connectivity index (χ0v) is 10.2. The van der Waals surface area contributed by atoms with Gasteiger partial charge in [-0.2, -0.15) is 0 Å². The third kappa shape index (κ3) is 7.53. The van der Waals surface area contributed by atoms with E-state index in [2.05, 4.69) is 13.3 Å². The molecule has 0 rings (SSSR count). The lowest BCUT2D eigenvalue weighted by Gasteiger charge is -2.17. The van der Waals surface area contributed by atoms with Crippen molar-refractivity contribution in [2.75, 3.05) is 33.8 Å². The first-order chi connectivity index (χ1) is 5.06. The molecule has 0 saturated heterocycles. The molecule has 0 fully saturated rings. The van der Waals surface area contributed by atoms with E-state index in [1.54, 1.807) is 7.11 Å². The molecule has 3 nitrogen and oxygen atoms in total. The number of hydrogen-bond acceptors (Lipinski definition) is 3. The van der Waals surface area contributed by atoms with E-state index in [0.29, 0.717) is 0 Å². The van der Waals surface area contributed by atoms with E-state index in [0.717, 1.165) is 0 Å². The summed E-state index contributed by atoms with van der Waals surface area (Å²) in [5.41, 5.74) is 0. The Morgan fingerprint density at radius 2 is 1.36 bits per heavy atom. The van der Waals surface area contributed by atoms with Crippen molar-refractivity contribution in [2.45, 2.75) is 0 Å². The summed E-state index contributed by atoms with van der Waals surface area (Å²) in [7, 11) is -0.135. The van der Waals surface area contributed by atoms with Gasteiger partial charge in [0, 0.05) is 28.6 Å². The van der Waals surface area contributed by atoms with Crippen molar-refractivity contribution < 1.29 is 13.1 Å². The molecular formula is C5H15O3P3. The minimum absolute atomic E-state index is 0.317. The molecule has 0 spiro atoms. The quantitative estimate of drug-likeness (QED) is 0.660. The summed E-state index contributed by atoms with van der Waals surface area (Å²) in [6, 6.07) is 0. The fourth-order valence-electron chi connectivity index (χ4n) is 0.440. The lowest BCUT2D eigenvalue weighted by Crippen LogP contribution is -1.82. The van der Waals surface area contributed by atoms with Gasteiger partial charge in [0.1, 0.15) is 0 Å². The average molecular weight is 216 g/mol. The predicted molar refractivity (Wildman–Crippen MR) is 53.6 cm³/mol. The summed E-state index contributed by atoms with van der Waals surface area (Å²) in [6.45, 7) is 7.99. The van der Waals surface area contributed by atoms with Gasteiger partial charge in [0.25, 0.3) is 0 Å². The number of hydrogen-bond donors (Lipinski definition) is 0. The lowest BCUT2D eigenvalue weighted by atomic mass is 11.8. The fraction of sp³-hybridized carbons (Fsp3) is 1.00. The summed E-state index contributed by atoms with van der Waals surface area (Å²) >= 11 is 0. The molecule has 11 heavy (non-hydrogen) atoms. The molecule has 0 aromatic heterocycles. The molecule has 0 N–H and O–H groups in total. The minimum Gasteiger partial charge on any atom is -0.337 e. The van der Waals surface area contributed by atoms with Crippen molar-refractivity contribution in [2.24, 2.45) is 0 Å².